The fourth-order valence-electron chi connectivity index (χ4n) is 9.94. The van der Waals surface area contributed by atoms with Crippen molar-refractivity contribution in [3.8, 4) is 0 Å². The van der Waals surface area contributed by atoms with Crippen molar-refractivity contribution in [2.45, 2.75) is 339 Å². The lowest BCUT2D eigenvalue weighted by Crippen LogP contribution is -2.60. The third kappa shape index (κ3) is 37.9. The maximum Gasteiger partial charge on any atom is 0.249 e. The van der Waals surface area contributed by atoms with Crippen LogP contribution in [-0.4, -0.2) is 110 Å². The smallest absolute Gasteiger partial charge is 0.249 e. The van der Waals surface area contributed by atoms with Gasteiger partial charge in [-0.25, -0.2) is 0 Å². The van der Waals surface area contributed by atoms with Crippen LogP contribution in [0.25, 0.3) is 0 Å². The van der Waals surface area contributed by atoms with E-state index in [0.717, 1.165) is 32.1 Å². The van der Waals surface area contributed by atoms with Gasteiger partial charge in [-0.2, -0.15) is 0 Å². The number of unbranched alkanes of at least 4 members (excludes halogenated alkanes) is 37. The molecule has 1 aliphatic rings. The number of aliphatic hydroxyl groups excluding tert-OH is 7. The number of hydrogen-bond donors (Lipinski definition) is 8. The van der Waals surface area contributed by atoms with Crippen LogP contribution in [0.1, 0.15) is 284 Å². The van der Waals surface area contributed by atoms with E-state index in [1.54, 1.807) is 0 Å². The summed E-state index contributed by atoms with van der Waals surface area (Å²) in [7, 11) is 0. The maximum atomic E-state index is 13.1. The topological polar surface area (TPSA) is 189 Å². The SMILES string of the molecule is C/C=C/CC/C=C/CCCC(O)C(O)C(COC1OC(CO)C(O)C(O)C1O)NC(=O)C(O)CCCCCCCCCCCCCCCCCCCCCCCCCCCCCCCCCCCCCC. The van der Waals surface area contributed by atoms with Crippen molar-refractivity contribution >= 4 is 5.91 Å². The van der Waals surface area contributed by atoms with Crippen LogP contribution in [0.3, 0.4) is 0 Å². The average molecular weight is 1010 g/mol. The van der Waals surface area contributed by atoms with Crippen LogP contribution in [-0.2, 0) is 14.3 Å². The van der Waals surface area contributed by atoms with Gasteiger partial charge in [0.25, 0.3) is 0 Å². The van der Waals surface area contributed by atoms with Crippen molar-refractivity contribution in [2.75, 3.05) is 13.2 Å². The van der Waals surface area contributed by atoms with Crippen molar-refractivity contribution in [3.05, 3.63) is 24.3 Å². The molecule has 11 nitrogen and oxygen atoms in total. The summed E-state index contributed by atoms with van der Waals surface area (Å²) >= 11 is 0. The second-order valence-corrected chi connectivity index (χ2v) is 21.4. The summed E-state index contributed by atoms with van der Waals surface area (Å²) in [6.45, 7) is 3.20. The normalized spacial score (nSPS) is 20.3. The predicted molar refractivity (Wildman–Crippen MR) is 293 cm³/mol. The summed E-state index contributed by atoms with van der Waals surface area (Å²) in [6.07, 6.45) is 49.1. The van der Waals surface area contributed by atoms with Crippen LogP contribution < -0.4 is 5.32 Å². The highest BCUT2D eigenvalue weighted by Crippen LogP contribution is 2.24. The van der Waals surface area contributed by atoms with Gasteiger partial charge in [-0.15, -0.1) is 0 Å². The number of hydrogen-bond acceptors (Lipinski definition) is 10. The van der Waals surface area contributed by atoms with E-state index in [2.05, 4.69) is 24.4 Å². The van der Waals surface area contributed by atoms with Crippen LogP contribution in [0.15, 0.2) is 24.3 Å². The molecular weight excluding hydrogens is 895 g/mol. The van der Waals surface area contributed by atoms with Crippen molar-refractivity contribution in [2.24, 2.45) is 0 Å². The highest BCUT2D eigenvalue weighted by molar-refractivity contribution is 5.80. The fourth-order valence-corrected chi connectivity index (χ4v) is 9.94. The Morgan fingerprint density at radius 3 is 1.28 bits per heavy atom. The lowest BCUT2D eigenvalue weighted by Gasteiger charge is -2.40. The van der Waals surface area contributed by atoms with Gasteiger partial charge in [0.15, 0.2) is 6.29 Å². The Kier molecular flexibility index (Phi) is 47.1. The van der Waals surface area contributed by atoms with Crippen molar-refractivity contribution in [3.63, 3.8) is 0 Å². The van der Waals surface area contributed by atoms with Crippen LogP contribution in [0.4, 0.5) is 0 Å². The van der Waals surface area contributed by atoms with E-state index in [9.17, 15) is 40.5 Å². The van der Waals surface area contributed by atoms with Crippen molar-refractivity contribution in [1.82, 2.24) is 5.32 Å². The minimum atomic E-state index is -1.67. The van der Waals surface area contributed by atoms with Crippen LogP contribution in [0.2, 0.25) is 0 Å². The van der Waals surface area contributed by atoms with Gasteiger partial charge in [0.05, 0.1) is 25.4 Å². The molecule has 1 heterocycles. The van der Waals surface area contributed by atoms with Gasteiger partial charge in [0.2, 0.25) is 5.91 Å². The van der Waals surface area contributed by atoms with E-state index in [-0.39, 0.29) is 12.8 Å². The third-order valence-electron chi connectivity index (χ3n) is 14.8. The largest absolute Gasteiger partial charge is 0.394 e. The number of rotatable bonds is 52. The summed E-state index contributed by atoms with van der Waals surface area (Å²) in [5.74, 6) is -0.709. The van der Waals surface area contributed by atoms with E-state index in [4.69, 9.17) is 9.47 Å². The molecule has 1 fully saturated rings. The molecule has 1 saturated heterocycles. The van der Waals surface area contributed by atoms with E-state index >= 15 is 0 Å². The Balaban J connectivity index is 2.06. The lowest BCUT2D eigenvalue weighted by atomic mass is 9.98. The van der Waals surface area contributed by atoms with Gasteiger partial charge in [0, 0.05) is 0 Å². The summed E-state index contributed by atoms with van der Waals surface area (Å²) < 4.78 is 11.1. The molecule has 1 amide bonds. The van der Waals surface area contributed by atoms with E-state index in [0.29, 0.717) is 19.3 Å². The monoisotopic (exact) mass is 1010 g/mol. The molecule has 1 rings (SSSR count). The summed E-state index contributed by atoms with van der Waals surface area (Å²) in [5, 5.41) is 75.6. The first-order chi connectivity index (χ1) is 34.7. The molecule has 0 saturated carbocycles. The second-order valence-electron chi connectivity index (χ2n) is 21.4. The van der Waals surface area contributed by atoms with Crippen LogP contribution in [0, 0.1) is 0 Å². The number of aliphatic hydroxyl groups is 7. The third-order valence-corrected chi connectivity index (χ3v) is 14.8. The number of nitrogens with one attached hydrogen (secondary N) is 1. The molecule has 9 atom stereocenters. The lowest BCUT2D eigenvalue weighted by molar-refractivity contribution is -0.303. The predicted octanol–water partition coefficient (Wildman–Crippen LogP) is 12.9. The molecule has 1 aliphatic heterocycles. The van der Waals surface area contributed by atoms with Crippen LogP contribution >= 0.6 is 0 Å². The summed E-state index contributed by atoms with van der Waals surface area (Å²) in [4.78, 5) is 13.1. The Bertz CT molecular complexity index is 1200. The molecule has 0 aromatic heterocycles. The molecule has 0 aromatic carbocycles. The number of carbonyl (C=O) groups is 1. The Hall–Kier alpha value is -1.41. The van der Waals surface area contributed by atoms with Gasteiger partial charge in [-0.3, -0.25) is 4.79 Å². The maximum absolute atomic E-state index is 13.1. The number of carbonyl (C=O) groups excluding carboxylic acids is 1. The first-order valence-electron chi connectivity index (χ1n) is 30.2. The zero-order chi connectivity index (χ0) is 51.8. The molecule has 0 bridgehead atoms. The number of ether oxygens (including phenoxy) is 2. The van der Waals surface area contributed by atoms with Crippen molar-refractivity contribution < 1.29 is 50.0 Å². The first kappa shape index (κ1) is 67.6. The Morgan fingerprint density at radius 2 is 0.887 bits per heavy atom. The molecule has 0 radical (unpaired) electrons. The molecular formula is C60H115NO10. The zero-order valence-electron chi connectivity index (χ0n) is 46.0. The molecule has 0 spiro atoms. The minimum Gasteiger partial charge on any atom is -0.394 e. The summed E-state index contributed by atoms with van der Waals surface area (Å²) in [5.41, 5.74) is 0. The van der Waals surface area contributed by atoms with Gasteiger partial charge in [0.1, 0.15) is 36.6 Å². The quantitative estimate of drug-likeness (QED) is 0.0215. The summed E-state index contributed by atoms with van der Waals surface area (Å²) in [6, 6.07) is -1.19. The molecule has 8 N–H and O–H groups in total. The molecule has 420 valence electrons. The number of amides is 1. The number of allylic oxidation sites excluding steroid dienone is 4. The first-order valence-corrected chi connectivity index (χ1v) is 30.2. The standard InChI is InChI=1S/C60H115NO10/c1-3-5-7-9-11-13-14-15-16-17-18-19-20-21-22-23-24-25-26-27-28-29-30-31-32-33-34-35-36-37-38-39-40-42-44-46-48-53(64)59(69)61-51(50-70-60-58(68)57(67)56(66)54(49-62)71-60)55(65)52(63)47-45-43-41-12-10-8-6-4-2/h4,6,12,41,51-58,60,62-68H,3,5,7-11,13-40,42-50H2,1-2H3,(H,61,69)/b6-4+,41-12+. The molecule has 11 heteroatoms. The van der Waals surface area contributed by atoms with E-state index in [1.165, 1.54) is 205 Å². The minimum absolute atomic E-state index is 0.245. The fraction of sp³-hybridized carbons (Fsp3) is 0.917. The Labute approximate surface area is 435 Å². The highest BCUT2D eigenvalue weighted by atomic mass is 16.7. The van der Waals surface area contributed by atoms with Gasteiger partial charge < -0.3 is 50.5 Å². The van der Waals surface area contributed by atoms with Crippen LogP contribution in [0.5, 0.6) is 0 Å². The van der Waals surface area contributed by atoms with Gasteiger partial charge in [-0.05, 0) is 45.4 Å². The molecule has 9 unspecified atom stereocenters. The average Bonchev–Trinajstić information content (AvgIpc) is 3.37. The van der Waals surface area contributed by atoms with E-state index < -0.39 is 74.2 Å². The van der Waals surface area contributed by atoms with Crippen molar-refractivity contribution in [1.29, 1.82) is 0 Å². The molecule has 0 aromatic rings. The Morgan fingerprint density at radius 1 is 0.507 bits per heavy atom. The molecule has 0 aliphatic carbocycles. The second kappa shape index (κ2) is 49.5. The van der Waals surface area contributed by atoms with Gasteiger partial charge in [-0.1, -0.05) is 262 Å². The van der Waals surface area contributed by atoms with Gasteiger partial charge >= 0.3 is 0 Å². The highest BCUT2D eigenvalue weighted by Gasteiger charge is 2.44. The molecule has 71 heavy (non-hydrogen) atoms. The van der Waals surface area contributed by atoms with E-state index in [1.807, 2.05) is 19.1 Å². The zero-order valence-corrected chi connectivity index (χ0v) is 46.0.